The van der Waals surface area contributed by atoms with Crippen molar-refractivity contribution in [2.45, 2.75) is 45.1 Å². The molecule has 3 rings (SSSR count). The maximum Gasteiger partial charge on any atom is 0.169 e. The van der Waals surface area contributed by atoms with Crippen molar-refractivity contribution >= 4 is 11.5 Å². The Bertz CT molecular complexity index is 611. The van der Waals surface area contributed by atoms with Gasteiger partial charge in [-0.2, -0.15) is 0 Å². The topological polar surface area (TPSA) is 46.8 Å². The van der Waals surface area contributed by atoms with Gasteiger partial charge in [-0.1, -0.05) is 19.3 Å². The first-order valence-electron chi connectivity index (χ1n) is 8.46. The Kier molecular flexibility index (Phi) is 5.35. The van der Waals surface area contributed by atoms with Gasteiger partial charge in [-0.3, -0.25) is 4.99 Å². The number of hydrogen-bond acceptors (Lipinski definition) is 3. The van der Waals surface area contributed by atoms with Crippen LogP contribution in [0.4, 0.5) is 5.69 Å². The van der Waals surface area contributed by atoms with Gasteiger partial charge in [0, 0.05) is 5.69 Å². The van der Waals surface area contributed by atoms with Gasteiger partial charge in [-0.15, -0.1) is 0 Å². The molecule has 1 saturated carbocycles. The van der Waals surface area contributed by atoms with Gasteiger partial charge in [0.1, 0.15) is 5.75 Å². The van der Waals surface area contributed by atoms with Gasteiger partial charge in [0.25, 0.3) is 0 Å². The Morgan fingerprint density at radius 1 is 1.17 bits per heavy atom. The second kappa shape index (κ2) is 7.86. The van der Waals surface area contributed by atoms with E-state index in [1.165, 1.54) is 19.3 Å². The molecule has 0 aliphatic heterocycles. The van der Waals surface area contributed by atoms with Gasteiger partial charge in [-0.25, -0.2) is 0 Å². The Morgan fingerprint density at radius 2 is 1.96 bits per heavy atom. The van der Waals surface area contributed by atoms with Crippen molar-refractivity contribution in [1.82, 2.24) is 0 Å². The second-order valence-corrected chi connectivity index (χ2v) is 5.83. The van der Waals surface area contributed by atoms with Crippen LogP contribution in [0.3, 0.4) is 0 Å². The van der Waals surface area contributed by atoms with Crippen molar-refractivity contribution in [2.75, 3.05) is 11.9 Å². The van der Waals surface area contributed by atoms with E-state index in [0.717, 1.165) is 35.9 Å². The number of hydrogen-bond donors (Lipinski definition) is 1. The summed E-state index contributed by atoms with van der Waals surface area (Å²) in [6.07, 6.45) is 7.87. The van der Waals surface area contributed by atoms with Gasteiger partial charge in [0.2, 0.25) is 0 Å². The molecule has 2 aromatic rings. The van der Waals surface area contributed by atoms with E-state index in [9.17, 15) is 0 Å². The molecule has 4 nitrogen and oxygen atoms in total. The lowest BCUT2D eigenvalue weighted by molar-refractivity contribution is 0.340. The largest absolute Gasteiger partial charge is 0.494 e. The third-order valence-corrected chi connectivity index (χ3v) is 4.07. The van der Waals surface area contributed by atoms with E-state index in [-0.39, 0.29) is 0 Å². The van der Waals surface area contributed by atoms with Gasteiger partial charge in [-0.05, 0) is 56.2 Å². The highest BCUT2D eigenvalue weighted by Crippen LogP contribution is 2.22. The fourth-order valence-corrected chi connectivity index (χ4v) is 2.90. The molecule has 1 aromatic carbocycles. The Morgan fingerprint density at radius 3 is 2.61 bits per heavy atom. The van der Waals surface area contributed by atoms with Crippen molar-refractivity contribution in [3.05, 3.63) is 48.4 Å². The zero-order valence-corrected chi connectivity index (χ0v) is 13.6. The number of amidine groups is 1. The molecule has 1 heterocycles. The van der Waals surface area contributed by atoms with Crippen LogP contribution in [0.15, 0.2) is 52.1 Å². The van der Waals surface area contributed by atoms with E-state index < -0.39 is 0 Å². The third-order valence-electron chi connectivity index (χ3n) is 4.07. The van der Waals surface area contributed by atoms with E-state index in [4.69, 9.17) is 14.1 Å². The van der Waals surface area contributed by atoms with Crippen molar-refractivity contribution in [3.8, 4) is 5.75 Å². The van der Waals surface area contributed by atoms with E-state index in [1.807, 2.05) is 43.3 Å². The van der Waals surface area contributed by atoms with Gasteiger partial charge in [0.15, 0.2) is 11.6 Å². The van der Waals surface area contributed by atoms with Crippen molar-refractivity contribution in [1.29, 1.82) is 0 Å². The van der Waals surface area contributed by atoms with Crippen molar-refractivity contribution in [2.24, 2.45) is 4.99 Å². The van der Waals surface area contributed by atoms with Gasteiger partial charge >= 0.3 is 0 Å². The zero-order chi connectivity index (χ0) is 15.9. The first kappa shape index (κ1) is 15.7. The van der Waals surface area contributed by atoms with Crippen LogP contribution in [0.2, 0.25) is 0 Å². The Hall–Kier alpha value is -2.23. The molecular weight excluding hydrogens is 288 g/mol. The SMILES string of the molecule is CCOc1ccc(NC(=NC2CCCCC2)c2ccco2)cc1. The second-order valence-electron chi connectivity index (χ2n) is 5.83. The molecule has 23 heavy (non-hydrogen) atoms. The van der Waals surface area contributed by atoms with Crippen LogP contribution >= 0.6 is 0 Å². The molecule has 1 aromatic heterocycles. The van der Waals surface area contributed by atoms with Gasteiger partial charge < -0.3 is 14.5 Å². The zero-order valence-electron chi connectivity index (χ0n) is 13.6. The highest BCUT2D eigenvalue weighted by atomic mass is 16.5. The number of benzene rings is 1. The molecule has 0 saturated heterocycles. The molecule has 4 heteroatoms. The number of rotatable bonds is 5. The van der Waals surface area contributed by atoms with Crippen molar-refractivity contribution < 1.29 is 9.15 Å². The summed E-state index contributed by atoms with van der Waals surface area (Å²) >= 11 is 0. The fourth-order valence-electron chi connectivity index (χ4n) is 2.90. The first-order valence-corrected chi connectivity index (χ1v) is 8.46. The summed E-state index contributed by atoms with van der Waals surface area (Å²) in [7, 11) is 0. The summed E-state index contributed by atoms with van der Waals surface area (Å²) < 4.78 is 11.0. The molecule has 0 atom stereocenters. The van der Waals surface area contributed by atoms with E-state index in [0.29, 0.717) is 12.6 Å². The molecule has 1 N–H and O–H groups in total. The highest BCUT2D eigenvalue weighted by molar-refractivity contribution is 6.06. The molecule has 0 unspecified atom stereocenters. The molecule has 1 aliphatic carbocycles. The smallest absolute Gasteiger partial charge is 0.169 e. The van der Waals surface area contributed by atoms with Crippen LogP contribution in [0, 0.1) is 0 Å². The summed E-state index contributed by atoms with van der Waals surface area (Å²) in [5.41, 5.74) is 0.986. The first-order chi connectivity index (χ1) is 11.3. The highest BCUT2D eigenvalue weighted by Gasteiger charge is 2.15. The minimum Gasteiger partial charge on any atom is -0.494 e. The normalized spacial score (nSPS) is 16.3. The van der Waals surface area contributed by atoms with Crippen LogP contribution in [0.5, 0.6) is 5.75 Å². The van der Waals surface area contributed by atoms with E-state index in [2.05, 4.69) is 5.32 Å². The molecule has 0 spiro atoms. The summed E-state index contributed by atoms with van der Waals surface area (Å²) in [6.45, 7) is 2.66. The molecule has 1 aliphatic rings. The van der Waals surface area contributed by atoms with Crippen LogP contribution < -0.4 is 10.1 Å². The lowest BCUT2D eigenvalue weighted by atomic mass is 9.96. The number of nitrogens with one attached hydrogen (secondary N) is 1. The average Bonchev–Trinajstić information content (AvgIpc) is 3.12. The monoisotopic (exact) mass is 312 g/mol. The molecular formula is C19H24N2O2. The minimum atomic E-state index is 0.388. The molecule has 0 amide bonds. The van der Waals surface area contributed by atoms with E-state index in [1.54, 1.807) is 6.26 Å². The molecule has 122 valence electrons. The minimum absolute atomic E-state index is 0.388. The third kappa shape index (κ3) is 4.38. The number of aliphatic imine (C=N–C) groups is 1. The van der Waals surface area contributed by atoms with Crippen LogP contribution in [-0.2, 0) is 0 Å². The lowest BCUT2D eigenvalue weighted by Crippen LogP contribution is -2.19. The predicted molar refractivity (Wildman–Crippen MR) is 93.4 cm³/mol. The number of anilines is 1. The quantitative estimate of drug-likeness (QED) is 0.633. The van der Waals surface area contributed by atoms with Crippen molar-refractivity contribution in [3.63, 3.8) is 0 Å². The molecule has 0 radical (unpaired) electrons. The van der Waals surface area contributed by atoms with Gasteiger partial charge in [0.05, 0.1) is 18.9 Å². The standard InChI is InChI=1S/C19H24N2O2/c1-2-22-17-12-10-16(11-13-17)21-19(18-9-6-14-23-18)20-15-7-4-3-5-8-15/h6,9-15H,2-5,7-8H2,1H3,(H,20,21). The summed E-state index contributed by atoms with van der Waals surface area (Å²) in [6, 6.07) is 12.2. The van der Waals surface area contributed by atoms with E-state index >= 15 is 0 Å². The summed E-state index contributed by atoms with van der Waals surface area (Å²) in [5.74, 6) is 2.47. The average molecular weight is 312 g/mol. The number of nitrogens with zero attached hydrogens (tertiary/aromatic N) is 1. The molecule has 0 bridgehead atoms. The summed E-state index contributed by atoms with van der Waals surface area (Å²) in [5, 5.41) is 3.40. The fraction of sp³-hybridized carbons (Fsp3) is 0.421. The molecule has 1 fully saturated rings. The number of ether oxygens (including phenoxy) is 1. The maximum atomic E-state index is 5.55. The lowest BCUT2D eigenvalue weighted by Gasteiger charge is -2.19. The van der Waals surface area contributed by atoms with Crippen LogP contribution in [-0.4, -0.2) is 18.5 Å². The Labute approximate surface area is 137 Å². The number of furan rings is 1. The van der Waals surface area contributed by atoms with Crippen LogP contribution in [0.25, 0.3) is 0 Å². The summed E-state index contributed by atoms with van der Waals surface area (Å²) in [4.78, 5) is 4.91. The maximum absolute atomic E-state index is 5.55. The predicted octanol–water partition coefficient (Wildman–Crippen LogP) is 4.87. The Balaban J connectivity index is 1.77. The van der Waals surface area contributed by atoms with Crippen LogP contribution in [0.1, 0.15) is 44.8 Å².